The summed E-state index contributed by atoms with van der Waals surface area (Å²) in [4.78, 5) is 0. The van der Waals surface area contributed by atoms with Gasteiger partial charge in [0.05, 0.1) is 5.75 Å². The molecule has 0 spiro atoms. The third kappa shape index (κ3) is 6.45. The predicted molar refractivity (Wildman–Crippen MR) is 69.0 cm³/mol. The second-order valence-corrected chi connectivity index (χ2v) is 6.64. The van der Waals surface area contributed by atoms with Crippen LogP contribution in [0.3, 0.4) is 0 Å². The maximum atomic E-state index is 11.8. The van der Waals surface area contributed by atoms with E-state index in [-0.39, 0.29) is 11.3 Å². The Bertz CT molecular complexity index is 282. The SMILES string of the molecule is CCC(C)(CC)NS(=O)(=O)CCNC(C)C. The molecule has 0 saturated heterocycles. The minimum absolute atomic E-state index is 0.140. The molecule has 98 valence electrons. The first kappa shape index (κ1) is 15.9. The van der Waals surface area contributed by atoms with Crippen LogP contribution in [0.5, 0.6) is 0 Å². The predicted octanol–water partition coefficient (Wildman–Crippen LogP) is 1.48. The quantitative estimate of drug-likeness (QED) is 0.686. The van der Waals surface area contributed by atoms with Gasteiger partial charge in [-0.1, -0.05) is 27.7 Å². The third-order valence-electron chi connectivity index (χ3n) is 2.89. The molecule has 0 aromatic carbocycles. The van der Waals surface area contributed by atoms with Crippen molar-refractivity contribution in [2.45, 2.75) is 59.0 Å². The fourth-order valence-corrected chi connectivity index (χ4v) is 2.83. The number of hydrogen-bond donors (Lipinski definition) is 2. The lowest BCUT2D eigenvalue weighted by molar-refractivity contribution is 0.388. The van der Waals surface area contributed by atoms with Crippen LogP contribution >= 0.6 is 0 Å². The molecule has 2 N–H and O–H groups in total. The molecular weight excluding hydrogens is 224 g/mol. The largest absolute Gasteiger partial charge is 0.313 e. The summed E-state index contributed by atoms with van der Waals surface area (Å²) in [6, 6.07) is 0.318. The first-order valence-corrected chi connectivity index (χ1v) is 7.65. The second kappa shape index (κ2) is 6.57. The normalized spacial score (nSPS) is 13.4. The number of sulfonamides is 1. The molecule has 0 heterocycles. The van der Waals surface area contributed by atoms with Crippen LogP contribution in [0, 0.1) is 0 Å². The van der Waals surface area contributed by atoms with Crippen molar-refractivity contribution in [1.82, 2.24) is 10.0 Å². The van der Waals surface area contributed by atoms with Crippen molar-refractivity contribution in [3.05, 3.63) is 0 Å². The van der Waals surface area contributed by atoms with E-state index in [4.69, 9.17) is 0 Å². The Labute approximate surface area is 100 Å². The highest BCUT2D eigenvalue weighted by atomic mass is 32.2. The van der Waals surface area contributed by atoms with Gasteiger partial charge in [-0.2, -0.15) is 0 Å². The molecule has 0 radical (unpaired) electrons. The fourth-order valence-electron chi connectivity index (χ4n) is 1.30. The maximum Gasteiger partial charge on any atom is 0.213 e. The van der Waals surface area contributed by atoms with Gasteiger partial charge in [0.15, 0.2) is 0 Å². The highest BCUT2D eigenvalue weighted by molar-refractivity contribution is 7.89. The number of nitrogens with one attached hydrogen (secondary N) is 2. The maximum absolute atomic E-state index is 11.8. The van der Waals surface area contributed by atoms with E-state index < -0.39 is 10.0 Å². The second-order valence-electron chi connectivity index (χ2n) is 4.80. The van der Waals surface area contributed by atoms with E-state index in [1.165, 1.54) is 0 Å². The van der Waals surface area contributed by atoms with Crippen molar-refractivity contribution in [1.29, 1.82) is 0 Å². The van der Waals surface area contributed by atoms with E-state index in [9.17, 15) is 8.42 Å². The van der Waals surface area contributed by atoms with Crippen LogP contribution in [-0.4, -0.2) is 32.3 Å². The Morgan fingerprint density at radius 2 is 1.69 bits per heavy atom. The van der Waals surface area contributed by atoms with Gasteiger partial charge in [-0.25, -0.2) is 13.1 Å². The highest BCUT2D eigenvalue weighted by Gasteiger charge is 2.25. The molecule has 0 aliphatic carbocycles. The molecule has 4 nitrogen and oxygen atoms in total. The Kier molecular flexibility index (Phi) is 6.51. The first-order chi connectivity index (χ1) is 7.24. The van der Waals surface area contributed by atoms with Crippen LogP contribution < -0.4 is 10.0 Å². The van der Waals surface area contributed by atoms with Crippen molar-refractivity contribution >= 4 is 10.0 Å². The zero-order chi connectivity index (χ0) is 12.8. The molecule has 0 saturated carbocycles. The van der Waals surface area contributed by atoms with Crippen LogP contribution in [0.25, 0.3) is 0 Å². The van der Waals surface area contributed by atoms with Gasteiger partial charge in [-0.05, 0) is 19.8 Å². The summed E-state index contributed by atoms with van der Waals surface area (Å²) in [5, 5.41) is 3.10. The van der Waals surface area contributed by atoms with Crippen molar-refractivity contribution in [3.63, 3.8) is 0 Å². The van der Waals surface area contributed by atoms with E-state index in [0.29, 0.717) is 12.6 Å². The van der Waals surface area contributed by atoms with Crippen LogP contribution in [0.2, 0.25) is 0 Å². The van der Waals surface area contributed by atoms with E-state index >= 15 is 0 Å². The Morgan fingerprint density at radius 1 is 1.19 bits per heavy atom. The van der Waals surface area contributed by atoms with E-state index in [1.54, 1.807) is 0 Å². The molecule has 5 heteroatoms. The average Bonchev–Trinajstić information content (AvgIpc) is 2.16. The van der Waals surface area contributed by atoms with Gasteiger partial charge in [0, 0.05) is 18.1 Å². The Hall–Kier alpha value is -0.130. The summed E-state index contributed by atoms with van der Waals surface area (Å²) in [7, 11) is -3.17. The van der Waals surface area contributed by atoms with E-state index in [1.807, 2.05) is 34.6 Å². The topological polar surface area (TPSA) is 58.2 Å². The van der Waals surface area contributed by atoms with Crippen LogP contribution in [0.4, 0.5) is 0 Å². The molecule has 0 amide bonds. The van der Waals surface area contributed by atoms with Crippen molar-refractivity contribution < 1.29 is 8.42 Å². The standard InChI is InChI=1S/C11H26N2O2S/c1-6-11(5,7-2)13-16(14,15)9-8-12-10(3)4/h10,12-13H,6-9H2,1-5H3. The smallest absolute Gasteiger partial charge is 0.213 e. The van der Waals surface area contributed by atoms with E-state index in [0.717, 1.165) is 12.8 Å². The summed E-state index contributed by atoms with van der Waals surface area (Å²) >= 11 is 0. The molecule has 0 bridgehead atoms. The lowest BCUT2D eigenvalue weighted by Gasteiger charge is -2.27. The van der Waals surface area contributed by atoms with Crippen LogP contribution in [-0.2, 0) is 10.0 Å². The lowest BCUT2D eigenvalue weighted by Crippen LogP contribution is -2.47. The minimum Gasteiger partial charge on any atom is -0.313 e. The lowest BCUT2D eigenvalue weighted by atomic mass is 9.98. The molecule has 0 aromatic rings. The molecular formula is C11H26N2O2S. The molecule has 0 atom stereocenters. The molecule has 0 aliphatic heterocycles. The average molecular weight is 250 g/mol. The third-order valence-corrected chi connectivity index (χ3v) is 4.43. The van der Waals surface area contributed by atoms with Crippen molar-refractivity contribution in [2.75, 3.05) is 12.3 Å². The summed E-state index contributed by atoms with van der Waals surface area (Å²) in [6.45, 7) is 10.4. The Balaban J connectivity index is 4.24. The molecule has 0 aromatic heterocycles. The van der Waals surface area contributed by atoms with Gasteiger partial charge >= 0.3 is 0 Å². The summed E-state index contributed by atoms with van der Waals surface area (Å²) in [5.74, 6) is 0.140. The molecule has 0 unspecified atom stereocenters. The molecule has 0 aliphatic rings. The van der Waals surface area contributed by atoms with Crippen molar-refractivity contribution in [2.24, 2.45) is 0 Å². The molecule has 0 fully saturated rings. The van der Waals surface area contributed by atoms with Gasteiger partial charge in [-0.15, -0.1) is 0 Å². The zero-order valence-electron chi connectivity index (χ0n) is 11.1. The Morgan fingerprint density at radius 3 is 2.06 bits per heavy atom. The van der Waals surface area contributed by atoms with Gasteiger partial charge in [0.25, 0.3) is 0 Å². The monoisotopic (exact) mass is 250 g/mol. The summed E-state index contributed by atoms with van der Waals surface area (Å²) < 4.78 is 26.4. The number of hydrogen-bond acceptors (Lipinski definition) is 3. The fraction of sp³-hybridized carbons (Fsp3) is 1.00. The minimum atomic E-state index is -3.17. The highest BCUT2D eigenvalue weighted by Crippen LogP contribution is 2.14. The van der Waals surface area contributed by atoms with Crippen molar-refractivity contribution in [3.8, 4) is 0 Å². The number of rotatable bonds is 8. The zero-order valence-corrected chi connectivity index (χ0v) is 11.9. The summed E-state index contributed by atoms with van der Waals surface area (Å²) in [5.41, 5.74) is -0.309. The van der Waals surface area contributed by atoms with Crippen LogP contribution in [0.15, 0.2) is 0 Å². The summed E-state index contributed by atoms with van der Waals surface area (Å²) in [6.07, 6.45) is 1.61. The van der Waals surface area contributed by atoms with Gasteiger partial charge in [-0.3, -0.25) is 0 Å². The van der Waals surface area contributed by atoms with Crippen LogP contribution in [0.1, 0.15) is 47.5 Å². The van der Waals surface area contributed by atoms with Gasteiger partial charge in [0.2, 0.25) is 10.0 Å². The van der Waals surface area contributed by atoms with Gasteiger partial charge < -0.3 is 5.32 Å². The van der Waals surface area contributed by atoms with Gasteiger partial charge in [0.1, 0.15) is 0 Å². The first-order valence-electron chi connectivity index (χ1n) is 5.99. The van der Waals surface area contributed by atoms with E-state index in [2.05, 4.69) is 10.0 Å². The molecule has 16 heavy (non-hydrogen) atoms. The molecule has 0 rings (SSSR count).